The number of halogens is 1. The van der Waals surface area contributed by atoms with Crippen LogP contribution in [0.1, 0.15) is 5.69 Å². The van der Waals surface area contributed by atoms with Crippen molar-refractivity contribution in [3.63, 3.8) is 0 Å². The van der Waals surface area contributed by atoms with Crippen LogP contribution in [0.5, 0.6) is 0 Å². The summed E-state index contributed by atoms with van der Waals surface area (Å²) in [6.45, 7) is 1.79. The van der Waals surface area contributed by atoms with Crippen molar-refractivity contribution in [2.75, 3.05) is 0 Å². The molecule has 0 atom stereocenters. The highest BCUT2D eigenvalue weighted by atomic mass is 35.5. The number of benzene rings is 2. The summed E-state index contributed by atoms with van der Waals surface area (Å²) >= 11 is 5.80. The largest absolute Gasteiger partial charge is 0.282 e. The van der Waals surface area contributed by atoms with Gasteiger partial charge in [0.25, 0.3) is 10.0 Å². The first-order chi connectivity index (χ1) is 10.5. The number of rotatable bonds is 3. The third-order valence-corrected chi connectivity index (χ3v) is 5.12. The SMILES string of the molecule is Cc1nn(S(=O)(=O)c2ccc(Cl)cc2)cc1-c1ccccc1. The number of nitrogens with zero attached hydrogens (tertiary/aromatic N) is 2. The van der Waals surface area contributed by atoms with Crippen molar-refractivity contribution < 1.29 is 8.42 Å². The van der Waals surface area contributed by atoms with E-state index < -0.39 is 10.0 Å². The lowest BCUT2D eigenvalue weighted by molar-refractivity contribution is 0.579. The monoisotopic (exact) mass is 332 g/mol. The highest BCUT2D eigenvalue weighted by molar-refractivity contribution is 7.89. The first kappa shape index (κ1) is 14.8. The van der Waals surface area contributed by atoms with Gasteiger partial charge >= 0.3 is 0 Å². The minimum absolute atomic E-state index is 0.152. The standard InChI is InChI=1S/C16H13ClN2O2S/c1-12-16(13-5-3-2-4-6-13)11-19(18-12)22(20,21)15-9-7-14(17)8-10-15/h2-11H,1H3. The molecule has 1 aromatic heterocycles. The number of hydrogen-bond acceptors (Lipinski definition) is 3. The van der Waals surface area contributed by atoms with Crippen LogP contribution < -0.4 is 0 Å². The molecule has 0 unspecified atom stereocenters. The third kappa shape index (κ3) is 2.65. The molecule has 22 heavy (non-hydrogen) atoms. The minimum atomic E-state index is -3.72. The van der Waals surface area contributed by atoms with Gasteiger partial charge in [0, 0.05) is 10.6 Å². The summed E-state index contributed by atoms with van der Waals surface area (Å²) in [5.41, 5.74) is 2.37. The molecule has 0 amide bonds. The van der Waals surface area contributed by atoms with Crippen LogP contribution in [0.2, 0.25) is 5.02 Å². The molecule has 1 heterocycles. The van der Waals surface area contributed by atoms with Gasteiger partial charge in [-0.2, -0.15) is 17.6 Å². The van der Waals surface area contributed by atoms with Crippen LogP contribution in [-0.4, -0.2) is 17.6 Å². The Bertz CT molecular complexity index is 901. The van der Waals surface area contributed by atoms with Gasteiger partial charge in [0.2, 0.25) is 0 Å². The normalized spacial score (nSPS) is 11.5. The predicted molar refractivity (Wildman–Crippen MR) is 86.4 cm³/mol. The second kappa shape index (κ2) is 5.59. The van der Waals surface area contributed by atoms with Crippen molar-refractivity contribution in [2.45, 2.75) is 11.8 Å². The van der Waals surface area contributed by atoms with E-state index in [4.69, 9.17) is 11.6 Å². The molecular weight excluding hydrogens is 320 g/mol. The van der Waals surface area contributed by atoms with E-state index in [0.717, 1.165) is 15.2 Å². The fourth-order valence-electron chi connectivity index (χ4n) is 2.17. The van der Waals surface area contributed by atoms with Crippen molar-refractivity contribution in [3.05, 3.63) is 71.5 Å². The van der Waals surface area contributed by atoms with Crippen LogP contribution in [0, 0.1) is 6.92 Å². The molecule has 112 valence electrons. The number of hydrogen-bond donors (Lipinski definition) is 0. The van der Waals surface area contributed by atoms with Crippen LogP contribution in [0.15, 0.2) is 65.7 Å². The van der Waals surface area contributed by atoms with Gasteiger partial charge in [-0.15, -0.1) is 0 Å². The van der Waals surface area contributed by atoms with Crippen molar-refractivity contribution in [1.82, 2.24) is 9.19 Å². The van der Waals surface area contributed by atoms with Crippen LogP contribution >= 0.6 is 11.6 Å². The Morgan fingerprint density at radius 3 is 2.27 bits per heavy atom. The summed E-state index contributed by atoms with van der Waals surface area (Å²) in [6.07, 6.45) is 1.54. The van der Waals surface area contributed by atoms with Crippen LogP contribution in [-0.2, 0) is 10.0 Å². The molecule has 0 N–H and O–H groups in total. The van der Waals surface area contributed by atoms with Crippen LogP contribution in [0.3, 0.4) is 0 Å². The molecule has 0 aliphatic carbocycles. The molecule has 4 nitrogen and oxygen atoms in total. The topological polar surface area (TPSA) is 52.0 Å². The molecule has 0 saturated carbocycles. The molecule has 3 aromatic rings. The van der Waals surface area contributed by atoms with Crippen LogP contribution in [0.4, 0.5) is 0 Å². The van der Waals surface area contributed by atoms with Gasteiger partial charge < -0.3 is 0 Å². The quantitative estimate of drug-likeness (QED) is 0.734. The highest BCUT2D eigenvalue weighted by Crippen LogP contribution is 2.24. The molecule has 0 aliphatic rings. The van der Waals surface area contributed by atoms with E-state index >= 15 is 0 Å². The number of aromatic nitrogens is 2. The van der Waals surface area contributed by atoms with Gasteiger partial charge in [-0.05, 0) is 36.8 Å². The molecule has 0 radical (unpaired) electrons. The Morgan fingerprint density at radius 1 is 1.00 bits per heavy atom. The lowest BCUT2D eigenvalue weighted by atomic mass is 10.1. The predicted octanol–water partition coefficient (Wildman–Crippen LogP) is 3.75. The summed E-state index contributed by atoms with van der Waals surface area (Å²) in [5, 5.41) is 4.64. The highest BCUT2D eigenvalue weighted by Gasteiger charge is 2.20. The van der Waals surface area contributed by atoms with E-state index in [2.05, 4.69) is 5.10 Å². The minimum Gasteiger partial charge on any atom is -0.199 e. The average Bonchev–Trinajstić information content (AvgIpc) is 2.91. The van der Waals surface area contributed by atoms with Crippen molar-refractivity contribution >= 4 is 21.6 Å². The van der Waals surface area contributed by atoms with Gasteiger partial charge in [0.05, 0.1) is 16.8 Å². The van der Waals surface area contributed by atoms with Gasteiger partial charge in [-0.25, -0.2) is 0 Å². The Balaban J connectivity index is 2.08. The molecule has 2 aromatic carbocycles. The van der Waals surface area contributed by atoms with Crippen molar-refractivity contribution in [2.24, 2.45) is 0 Å². The van der Waals surface area contributed by atoms with Gasteiger partial charge in [0.15, 0.2) is 0 Å². The van der Waals surface area contributed by atoms with Gasteiger partial charge in [0.1, 0.15) is 0 Å². The average molecular weight is 333 g/mol. The summed E-state index contributed by atoms with van der Waals surface area (Å²) in [5.74, 6) is 0. The number of aryl methyl sites for hydroxylation is 1. The van der Waals surface area contributed by atoms with Gasteiger partial charge in [-0.1, -0.05) is 41.9 Å². The van der Waals surface area contributed by atoms with E-state index in [9.17, 15) is 8.42 Å². The second-order valence-corrected chi connectivity index (χ2v) is 7.06. The smallest absolute Gasteiger partial charge is 0.199 e. The first-order valence-corrected chi connectivity index (χ1v) is 8.43. The first-order valence-electron chi connectivity index (χ1n) is 6.61. The molecule has 0 spiro atoms. The molecule has 3 rings (SSSR count). The zero-order valence-electron chi connectivity index (χ0n) is 11.8. The molecule has 0 bridgehead atoms. The van der Waals surface area contributed by atoms with E-state index in [1.807, 2.05) is 30.3 Å². The van der Waals surface area contributed by atoms with Crippen molar-refractivity contribution in [1.29, 1.82) is 0 Å². The van der Waals surface area contributed by atoms with E-state index in [0.29, 0.717) is 10.7 Å². The van der Waals surface area contributed by atoms with Crippen molar-refractivity contribution in [3.8, 4) is 11.1 Å². The second-order valence-electron chi connectivity index (χ2n) is 4.83. The maximum Gasteiger partial charge on any atom is 0.282 e. The summed E-state index contributed by atoms with van der Waals surface area (Å²) in [4.78, 5) is 0.152. The molecule has 6 heteroatoms. The van der Waals surface area contributed by atoms with Gasteiger partial charge in [-0.3, -0.25) is 0 Å². The Morgan fingerprint density at radius 2 is 1.64 bits per heavy atom. The Kier molecular flexibility index (Phi) is 3.76. The fraction of sp³-hybridized carbons (Fsp3) is 0.0625. The molecular formula is C16H13ClN2O2S. The summed E-state index contributed by atoms with van der Waals surface area (Å²) in [7, 11) is -3.72. The van der Waals surface area contributed by atoms with E-state index in [-0.39, 0.29) is 4.90 Å². The molecule has 0 fully saturated rings. The maximum atomic E-state index is 12.6. The zero-order chi connectivity index (χ0) is 15.7. The zero-order valence-corrected chi connectivity index (χ0v) is 13.3. The molecule has 0 aliphatic heterocycles. The summed E-state index contributed by atoms with van der Waals surface area (Å²) < 4.78 is 26.2. The fourth-order valence-corrected chi connectivity index (χ4v) is 3.47. The molecule has 0 saturated heterocycles. The van der Waals surface area contributed by atoms with Crippen LogP contribution in [0.25, 0.3) is 11.1 Å². The Hall–Kier alpha value is -2.11. The lowest BCUT2D eigenvalue weighted by Gasteiger charge is -2.04. The maximum absolute atomic E-state index is 12.6. The van der Waals surface area contributed by atoms with E-state index in [1.165, 1.54) is 18.3 Å². The Labute approximate surface area is 134 Å². The van der Waals surface area contributed by atoms with E-state index in [1.54, 1.807) is 19.1 Å². The third-order valence-electron chi connectivity index (χ3n) is 3.32. The lowest BCUT2D eigenvalue weighted by Crippen LogP contribution is -2.13. The summed E-state index contributed by atoms with van der Waals surface area (Å²) in [6, 6.07) is 15.6.